The number of aliphatic hydroxyl groups excluding tert-OH is 1. The highest BCUT2D eigenvalue weighted by Crippen LogP contribution is 2.24. The van der Waals surface area contributed by atoms with Crippen LogP contribution in [0.15, 0.2) is 6.20 Å². The molecule has 0 radical (unpaired) electrons. The minimum absolute atomic E-state index is 0.114. The smallest absolute Gasteiger partial charge is 0.343 e. The highest BCUT2D eigenvalue weighted by molar-refractivity contribution is 5.94. The Morgan fingerprint density at radius 1 is 1.46 bits per heavy atom. The van der Waals surface area contributed by atoms with Gasteiger partial charge in [-0.15, -0.1) is 0 Å². The Morgan fingerprint density at radius 3 is 2.79 bits per heavy atom. The van der Waals surface area contributed by atoms with Crippen LogP contribution < -0.4 is 10.6 Å². The second kappa shape index (κ2) is 8.77. The summed E-state index contributed by atoms with van der Waals surface area (Å²) in [6.07, 6.45) is 3.53. The normalized spacial score (nSPS) is 21.8. The van der Waals surface area contributed by atoms with E-state index < -0.39 is 12.1 Å². The monoisotopic (exact) mass is 340 g/mol. The number of rotatable bonds is 7. The molecule has 0 bridgehead atoms. The number of hydrogen-bond acceptors (Lipinski definition) is 7. The van der Waals surface area contributed by atoms with Crippen molar-refractivity contribution in [1.29, 1.82) is 0 Å². The maximum absolute atomic E-state index is 13.4. The zero-order valence-corrected chi connectivity index (χ0v) is 14.1. The van der Waals surface area contributed by atoms with Gasteiger partial charge in [0.1, 0.15) is 17.6 Å². The third-order valence-corrected chi connectivity index (χ3v) is 4.16. The number of esters is 1. The van der Waals surface area contributed by atoms with Crippen LogP contribution in [0.1, 0.15) is 49.4 Å². The van der Waals surface area contributed by atoms with Crippen molar-refractivity contribution in [2.24, 2.45) is 0 Å². The summed E-state index contributed by atoms with van der Waals surface area (Å²) in [5.74, 6) is 0.0987. The second-order valence-corrected chi connectivity index (χ2v) is 5.98. The molecule has 0 unspecified atom stereocenters. The van der Waals surface area contributed by atoms with E-state index in [1.807, 2.05) is 0 Å². The molecule has 1 aliphatic rings. The first-order chi connectivity index (χ1) is 11.5. The minimum atomic E-state index is -0.981. The number of methoxy groups -OCH3 is 1. The Bertz CT molecular complexity index is 550. The molecule has 1 fully saturated rings. The number of ether oxygens (including phenoxy) is 1. The average molecular weight is 340 g/mol. The van der Waals surface area contributed by atoms with Gasteiger partial charge in [-0.05, 0) is 32.1 Å². The van der Waals surface area contributed by atoms with Gasteiger partial charge in [0.25, 0.3) is 0 Å². The molecule has 7 nitrogen and oxygen atoms in total. The van der Waals surface area contributed by atoms with Crippen LogP contribution in [0.3, 0.4) is 0 Å². The summed E-state index contributed by atoms with van der Waals surface area (Å²) >= 11 is 0. The van der Waals surface area contributed by atoms with Crippen molar-refractivity contribution in [2.45, 2.75) is 57.3 Å². The lowest BCUT2D eigenvalue weighted by Gasteiger charge is -2.27. The van der Waals surface area contributed by atoms with Gasteiger partial charge in [-0.2, -0.15) is 4.98 Å². The van der Waals surface area contributed by atoms with Gasteiger partial charge in [0.15, 0.2) is 0 Å². The molecule has 1 saturated carbocycles. The van der Waals surface area contributed by atoms with Crippen LogP contribution in [0.5, 0.6) is 0 Å². The van der Waals surface area contributed by atoms with Gasteiger partial charge >= 0.3 is 5.97 Å². The largest absolute Gasteiger partial charge is 0.465 e. The molecule has 1 atom stereocenters. The Labute approximate surface area is 141 Å². The Morgan fingerprint density at radius 2 is 2.17 bits per heavy atom. The molecule has 0 saturated heterocycles. The number of nitrogens with zero attached hydrogens (tertiary/aromatic N) is 2. The molecule has 1 heterocycles. The van der Waals surface area contributed by atoms with E-state index in [-0.39, 0.29) is 30.2 Å². The van der Waals surface area contributed by atoms with E-state index in [2.05, 4.69) is 20.6 Å². The fourth-order valence-electron chi connectivity index (χ4n) is 2.60. The third kappa shape index (κ3) is 5.02. The van der Waals surface area contributed by atoms with Crippen molar-refractivity contribution < 1.29 is 19.0 Å². The van der Waals surface area contributed by atoms with Crippen LogP contribution in [0.25, 0.3) is 0 Å². The first kappa shape index (κ1) is 18.4. The summed E-state index contributed by atoms with van der Waals surface area (Å²) < 4.78 is 18.1. The second-order valence-electron chi connectivity index (χ2n) is 5.98. The zero-order valence-electron chi connectivity index (χ0n) is 14.1. The Balaban J connectivity index is 2.12. The zero-order chi connectivity index (χ0) is 17.5. The summed E-state index contributed by atoms with van der Waals surface area (Å²) in [7, 11) is 1.30. The summed E-state index contributed by atoms with van der Waals surface area (Å²) in [6.45, 7) is 1.88. The predicted molar refractivity (Wildman–Crippen MR) is 88.9 cm³/mol. The van der Waals surface area contributed by atoms with Crippen molar-refractivity contribution >= 4 is 17.7 Å². The molecular formula is C16H25FN4O3. The minimum Gasteiger partial charge on any atom is -0.465 e. The van der Waals surface area contributed by atoms with E-state index in [1.54, 1.807) is 6.92 Å². The molecule has 8 heteroatoms. The molecule has 0 spiro atoms. The molecule has 2 rings (SSSR count). The highest BCUT2D eigenvalue weighted by Gasteiger charge is 2.23. The molecule has 3 N–H and O–H groups in total. The van der Waals surface area contributed by atoms with Crippen molar-refractivity contribution in [3.63, 3.8) is 0 Å². The van der Waals surface area contributed by atoms with E-state index in [4.69, 9.17) is 4.74 Å². The summed E-state index contributed by atoms with van der Waals surface area (Å²) in [5.41, 5.74) is 0.237. The van der Waals surface area contributed by atoms with E-state index in [0.717, 1.165) is 12.8 Å². The predicted octanol–water partition coefficient (Wildman–Crippen LogP) is 2.14. The lowest BCUT2D eigenvalue weighted by atomic mass is 9.93. The fraction of sp³-hybridized carbons (Fsp3) is 0.688. The molecule has 1 aromatic heterocycles. The molecule has 0 aromatic carbocycles. The van der Waals surface area contributed by atoms with Gasteiger partial charge in [0.2, 0.25) is 5.95 Å². The van der Waals surface area contributed by atoms with Gasteiger partial charge in [-0.25, -0.2) is 14.2 Å². The molecule has 1 aliphatic carbocycles. The lowest BCUT2D eigenvalue weighted by molar-refractivity contribution is 0.0600. The fourth-order valence-corrected chi connectivity index (χ4v) is 2.60. The number of carbonyl (C=O) groups excluding carboxylic acids is 1. The number of aromatic nitrogens is 2. The lowest BCUT2D eigenvalue weighted by Crippen LogP contribution is -2.29. The van der Waals surface area contributed by atoms with Crippen molar-refractivity contribution in [1.82, 2.24) is 9.97 Å². The summed E-state index contributed by atoms with van der Waals surface area (Å²) in [4.78, 5) is 20.2. The first-order valence-electron chi connectivity index (χ1n) is 8.31. The molecule has 24 heavy (non-hydrogen) atoms. The van der Waals surface area contributed by atoms with Crippen LogP contribution in [0.4, 0.5) is 16.2 Å². The van der Waals surface area contributed by atoms with Crippen LogP contribution in [0.2, 0.25) is 0 Å². The van der Waals surface area contributed by atoms with E-state index in [0.29, 0.717) is 25.1 Å². The molecule has 0 amide bonds. The number of hydrogen-bond donors (Lipinski definition) is 3. The molecule has 134 valence electrons. The highest BCUT2D eigenvalue weighted by atomic mass is 19.1. The van der Waals surface area contributed by atoms with Crippen molar-refractivity contribution in [2.75, 3.05) is 24.3 Å². The number of halogens is 1. The van der Waals surface area contributed by atoms with Gasteiger partial charge in [0, 0.05) is 18.8 Å². The van der Waals surface area contributed by atoms with Gasteiger partial charge in [-0.1, -0.05) is 6.92 Å². The van der Waals surface area contributed by atoms with E-state index >= 15 is 0 Å². The molecular weight excluding hydrogens is 315 g/mol. The Kier molecular flexibility index (Phi) is 6.72. The molecule has 1 aromatic rings. The number of alkyl halides is 1. The average Bonchev–Trinajstić information content (AvgIpc) is 2.61. The van der Waals surface area contributed by atoms with Gasteiger partial charge in [-0.3, -0.25) is 0 Å². The SMILES string of the molecule is CC[C@H](F)CNc1ncc(C(=O)OC)c(NC2CCC(O)CC2)n1. The number of carbonyl (C=O) groups is 1. The van der Waals surface area contributed by atoms with Gasteiger partial charge < -0.3 is 20.5 Å². The number of aliphatic hydroxyl groups is 1. The molecule has 0 aliphatic heterocycles. The quantitative estimate of drug-likeness (QED) is 0.654. The number of nitrogens with one attached hydrogen (secondary N) is 2. The Hall–Kier alpha value is -1.96. The maximum atomic E-state index is 13.4. The van der Waals surface area contributed by atoms with Gasteiger partial charge in [0.05, 0.1) is 13.2 Å². The van der Waals surface area contributed by atoms with E-state index in [1.165, 1.54) is 13.3 Å². The first-order valence-corrected chi connectivity index (χ1v) is 8.31. The number of anilines is 2. The van der Waals surface area contributed by atoms with Crippen LogP contribution in [-0.2, 0) is 4.74 Å². The van der Waals surface area contributed by atoms with Crippen LogP contribution >= 0.6 is 0 Å². The summed E-state index contributed by atoms with van der Waals surface area (Å²) in [6, 6.07) is 0.115. The standard InChI is InChI=1S/C16H25FN4O3/c1-3-10(17)8-18-16-19-9-13(15(23)24-2)14(21-16)20-11-4-6-12(22)7-5-11/h9-12,22H,3-8H2,1-2H3,(H2,18,19,20,21)/t10-,11?,12?/m0/s1. The van der Waals surface area contributed by atoms with Crippen LogP contribution in [-0.4, -0.2) is 53.0 Å². The summed E-state index contributed by atoms with van der Waals surface area (Å²) in [5, 5.41) is 15.7. The van der Waals surface area contributed by atoms with E-state index in [9.17, 15) is 14.3 Å². The third-order valence-electron chi connectivity index (χ3n) is 4.16. The van der Waals surface area contributed by atoms with Crippen molar-refractivity contribution in [3.8, 4) is 0 Å². The van der Waals surface area contributed by atoms with Crippen LogP contribution in [0, 0.1) is 0 Å². The maximum Gasteiger partial charge on any atom is 0.343 e. The topological polar surface area (TPSA) is 96.4 Å². The van der Waals surface area contributed by atoms with Crippen molar-refractivity contribution in [3.05, 3.63) is 11.8 Å².